The number of halogens is 1. The van der Waals surface area contributed by atoms with Crippen molar-refractivity contribution >= 4 is 44.9 Å². The lowest BCUT2D eigenvalue weighted by Crippen LogP contribution is -2.69. The fraction of sp³-hybridized carbons (Fsp3) is 0.450. The highest BCUT2D eigenvalue weighted by Gasteiger charge is 2.62. The van der Waals surface area contributed by atoms with E-state index in [2.05, 4.69) is 36.3 Å². The number of hydrogen-bond donors (Lipinski definition) is 0. The number of aromatic nitrogens is 4. The number of alkyl halides is 1. The highest BCUT2D eigenvalue weighted by atomic mass is 35.5. The predicted molar refractivity (Wildman–Crippen MR) is 120 cm³/mol. The van der Waals surface area contributed by atoms with Crippen molar-refractivity contribution in [3.63, 3.8) is 0 Å². The van der Waals surface area contributed by atoms with Crippen LogP contribution in [0.2, 0.25) is 0 Å². The SMILES string of the molecule is CC1=C(C(=O)c2ccc(C(C)(C)C)cc2)N2C(=O)[C@H](Cl)[C@@H]2S(=O)(=O)C1Sc1nnnn1C. The summed E-state index contributed by atoms with van der Waals surface area (Å²) in [5.41, 5.74) is 1.61. The minimum absolute atomic E-state index is 0.0443. The molecular weight excluding hydrogens is 474 g/mol. The van der Waals surface area contributed by atoms with Crippen LogP contribution in [-0.2, 0) is 27.1 Å². The highest BCUT2D eigenvalue weighted by molar-refractivity contribution is 8.14. The number of allylic oxidation sites excluding steroid dienone is 1. The van der Waals surface area contributed by atoms with Gasteiger partial charge in [0.25, 0.3) is 0 Å². The van der Waals surface area contributed by atoms with Crippen LogP contribution in [0.25, 0.3) is 0 Å². The van der Waals surface area contributed by atoms with E-state index in [4.69, 9.17) is 11.6 Å². The standard InChI is InChI=1S/C20H22ClN5O4S2/c1-10-14(15(27)11-6-8-12(9-7-11)20(2,3)4)26-16(28)13(21)17(26)32(29,30)18(10)31-19-22-23-24-25(19)5/h6-9,13,17-18H,1-5H3/t13-,17-,18?/m0/s1. The summed E-state index contributed by atoms with van der Waals surface area (Å²) in [7, 11) is -2.36. The molecule has 1 amide bonds. The first-order valence-corrected chi connectivity index (χ1v) is 12.7. The molecule has 1 fully saturated rings. The summed E-state index contributed by atoms with van der Waals surface area (Å²) in [6, 6.07) is 7.11. The van der Waals surface area contributed by atoms with Gasteiger partial charge in [0.1, 0.15) is 9.96 Å². The lowest BCUT2D eigenvalue weighted by molar-refractivity contribution is -0.138. The minimum atomic E-state index is -3.95. The summed E-state index contributed by atoms with van der Waals surface area (Å²) >= 11 is 7.02. The van der Waals surface area contributed by atoms with Crippen LogP contribution < -0.4 is 0 Å². The van der Waals surface area contributed by atoms with Crippen LogP contribution in [0.3, 0.4) is 0 Å². The van der Waals surface area contributed by atoms with Gasteiger partial charge in [0.15, 0.2) is 15.2 Å². The third-order valence-electron chi connectivity index (χ3n) is 5.60. The Kier molecular flexibility index (Phi) is 5.50. The summed E-state index contributed by atoms with van der Waals surface area (Å²) in [5, 5.41) is 8.82. The van der Waals surface area contributed by atoms with Crippen LogP contribution in [0, 0.1) is 0 Å². The van der Waals surface area contributed by atoms with Gasteiger partial charge in [-0.1, -0.05) is 56.8 Å². The smallest absolute Gasteiger partial charge is 0.249 e. The molecule has 3 atom stereocenters. The maximum Gasteiger partial charge on any atom is 0.249 e. The van der Waals surface area contributed by atoms with E-state index in [0.29, 0.717) is 5.56 Å². The van der Waals surface area contributed by atoms with Crippen LogP contribution in [0.4, 0.5) is 0 Å². The minimum Gasteiger partial charge on any atom is -0.287 e. The van der Waals surface area contributed by atoms with E-state index in [1.165, 1.54) is 4.68 Å². The molecule has 0 N–H and O–H groups in total. The highest BCUT2D eigenvalue weighted by Crippen LogP contribution is 2.47. The number of carbonyl (C=O) groups excluding carboxylic acids is 2. The number of hydrogen-bond acceptors (Lipinski definition) is 8. The van der Waals surface area contributed by atoms with E-state index < -0.39 is 36.9 Å². The quantitative estimate of drug-likeness (QED) is 0.360. The van der Waals surface area contributed by atoms with E-state index >= 15 is 0 Å². The molecule has 0 saturated carbocycles. The van der Waals surface area contributed by atoms with Crippen LogP contribution in [0.15, 0.2) is 40.7 Å². The topological polar surface area (TPSA) is 115 Å². The third-order valence-corrected chi connectivity index (χ3v) is 10.5. The Balaban J connectivity index is 1.81. The molecule has 1 aromatic heterocycles. The van der Waals surface area contributed by atoms with Crippen LogP contribution in [0.1, 0.15) is 43.6 Å². The monoisotopic (exact) mass is 495 g/mol. The largest absolute Gasteiger partial charge is 0.287 e. The summed E-state index contributed by atoms with van der Waals surface area (Å²) in [6.45, 7) is 7.74. The maximum atomic E-state index is 13.5. The number of aryl methyl sites for hydroxylation is 1. The van der Waals surface area contributed by atoms with E-state index in [-0.39, 0.29) is 21.8 Å². The first-order chi connectivity index (χ1) is 14.9. The number of nitrogens with zero attached hydrogens (tertiary/aromatic N) is 5. The number of fused-ring (bicyclic) bond motifs is 1. The number of Topliss-reactive ketones (excluding diaryl/α,β-unsaturated/α-hetero) is 1. The van der Waals surface area contributed by atoms with Crippen molar-refractivity contribution in [2.75, 3.05) is 0 Å². The molecule has 2 aromatic rings. The lowest BCUT2D eigenvalue weighted by Gasteiger charge is -2.49. The Labute approximate surface area is 195 Å². The number of β-lactam (4-membered cyclic amide) rings is 1. The van der Waals surface area contributed by atoms with Crippen molar-refractivity contribution in [2.24, 2.45) is 7.05 Å². The van der Waals surface area contributed by atoms with Crippen LogP contribution in [0.5, 0.6) is 0 Å². The molecule has 12 heteroatoms. The predicted octanol–water partition coefficient (Wildman–Crippen LogP) is 2.29. The number of carbonyl (C=O) groups is 2. The fourth-order valence-electron chi connectivity index (χ4n) is 3.77. The van der Waals surface area contributed by atoms with Gasteiger partial charge in [-0.3, -0.25) is 14.5 Å². The lowest BCUT2D eigenvalue weighted by atomic mass is 9.86. The number of sulfone groups is 1. The second kappa shape index (κ2) is 7.67. The van der Waals surface area contributed by atoms with Gasteiger partial charge < -0.3 is 0 Å². The molecule has 9 nitrogen and oxygen atoms in total. The van der Waals surface area contributed by atoms with E-state index in [0.717, 1.165) is 22.2 Å². The molecule has 170 valence electrons. The molecule has 32 heavy (non-hydrogen) atoms. The average Bonchev–Trinajstić information content (AvgIpc) is 3.13. The number of tetrazole rings is 1. The Bertz CT molecular complexity index is 1250. The molecule has 1 saturated heterocycles. The number of thioether (sulfide) groups is 1. The first kappa shape index (κ1) is 22.9. The van der Waals surface area contributed by atoms with Gasteiger partial charge in [0.2, 0.25) is 16.8 Å². The molecule has 0 spiro atoms. The van der Waals surface area contributed by atoms with Gasteiger partial charge in [-0.15, -0.1) is 16.7 Å². The summed E-state index contributed by atoms with van der Waals surface area (Å²) in [6.07, 6.45) is 0. The molecule has 2 aliphatic rings. The average molecular weight is 496 g/mol. The Hall–Kier alpha value is -2.24. The number of amides is 1. The van der Waals surface area contributed by atoms with E-state index in [9.17, 15) is 18.0 Å². The zero-order chi connectivity index (χ0) is 23.6. The summed E-state index contributed by atoms with van der Waals surface area (Å²) < 4.78 is 26.8. The van der Waals surface area contributed by atoms with Crippen molar-refractivity contribution in [2.45, 2.75) is 53.6 Å². The Morgan fingerprint density at radius 3 is 2.34 bits per heavy atom. The van der Waals surface area contributed by atoms with Crippen molar-refractivity contribution in [3.05, 3.63) is 46.7 Å². The second-order valence-electron chi connectivity index (χ2n) is 8.81. The van der Waals surface area contributed by atoms with Gasteiger partial charge in [0, 0.05) is 12.6 Å². The Morgan fingerprint density at radius 2 is 1.81 bits per heavy atom. The maximum absolute atomic E-state index is 13.5. The molecular formula is C20H22ClN5O4S2. The number of rotatable bonds is 4. The molecule has 1 aromatic carbocycles. The number of ketones is 1. The normalized spacial score (nSPS) is 24.9. The second-order valence-corrected chi connectivity index (χ2v) is 12.8. The van der Waals surface area contributed by atoms with Gasteiger partial charge in [0.05, 0.1) is 5.70 Å². The molecule has 0 aliphatic carbocycles. The van der Waals surface area contributed by atoms with Crippen molar-refractivity contribution in [3.8, 4) is 0 Å². The molecule has 2 aliphatic heterocycles. The van der Waals surface area contributed by atoms with Crippen molar-refractivity contribution < 1.29 is 18.0 Å². The molecule has 0 radical (unpaired) electrons. The van der Waals surface area contributed by atoms with E-state index in [1.54, 1.807) is 26.1 Å². The molecule has 0 bridgehead atoms. The van der Waals surface area contributed by atoms with Crippen LogP contribution in [-0.4, -0.2) is 60.5 Å². The fourth-order valence-corrected chi connectivity index (χ4v) is 8.12. The van der Waals surface area contributed by atoms with Gasteiger partial charge >= 0.3 is 0 Å². The van der Waals surface area contributed by atoms with Gasteiger partial charge in [-0.2, -0.15) is 0 Å². The third kappa shape index (κ3) is 3.46. The Morgan fingerprint density at radius 1 is 1.19 bits per heavy atom. The first-order valence-electron chi connectivity index (χ1n) is 9.80. The van der Waals surface area contributed by atoms with E-state index in [1.807, 2.05) is 12.1 Å². The summed E-state index contributed by atoms with van der Waals surface area (Å²) in [4.78, 5) is 27.1. The van der Waals surface area contributed by atoms with Gasteiger partial charge in [-0.25, -0.2) is 13.1 Å². The van der Waals surface area contributed by atoms with Crippen molar-refractivity contribution in [1.29, 1.82) is 0 Å². The van der Waals surface area contributed by atoms with Gasteiger partial charge in [-0.05, 0) is 33.9 Å². The van der Waals surface area contributed by atoms with Crippen molar-refractivity contribution in [1.82, 2.24) is 25.1 Å². The molecule has 4 rings (SSSR count). The molecule has 1 unspecified atom stereocenters. The summed E-state index contributed by atoms with van der Waals surface area (Å²) in [5.74, 6) is -1.03. The zero-order valence-corrected chi connectivity index (χ0v) is 20.5. The zero-order valence-electron chi connectivity index (χ0n) is 18.1. The molecule has 3 heterocycles. The number of benzene rings is 1. The van der Waals surface area contributed by atoms with Crippen LogP contribution >= 0.6 is 23.4 Å².